The summed E-state index contributed by atoms with van der Waals surface area (Å²) in [5.41, 5.74) is 1.68. The van der Waals surface area contributed by atoms with Crippen molar-refractivity contribution in [2.45, 2.75) is 26.4 Å². The first kappa shape index (κ1) is 16.0. The van der Waals surface area contributed by atoms with Crippen molar-refractivity contribution in [1.82, 2.24) is 4.90 Å². The van der Waals surface area contributed by atoms with Gasteiger partial charge in [0.1, 0.15) is 0 Å². The molecule has 0 spiro atoms. The van der Waals surface area contributed by atoms with Gasteiger partial charge in [-0.05, 0) is 45.0 Å². The van der Waals surface area contributed by atoms with Crippen LogP contribution < -0.4 is 5.32 Å². The van der Waals surface area contributed by atoms with Gasteiger partial charge < -0.3 is 10.4 Å². The molecule has 2 N–H and O–H groups in total. The Labute approximate surface area is 119 Å². The van der Waals surface area contributed by atoms with Gasteiger partial charge in [-0.2, -0.15) is 0 Å². The number of carbonyl (C=O) groups is 1. The number of aliphatic hydroxyl groups is 1. The van der Waals surface area contributed by atoms with Gasteiger partial charge in [-0.1, -0.05) is 17.7 Å². The van der Waals surface area contributed by atoms with E-state index in [0.29, 0.717) is 23.7 Å². The lowest BCUT2D eigenvalue weighted by molar-refractivity contribution is -0.117. The zero-order valence-electron chi connectivity index (χ0n) is 11.6. The Morgan fingerprint density at radius 1 is 1.53 bits per heavy atom. The minimum absolute atomic E-state index is 0.0898. The first-order chi connectivity index (χ1) is 8.88. The van der Waals surface area contributed by atoms with E-state index in [1.165, 1.54) is 0 Å². The Kier molecular flexibility index (Phi) is 6.28. The molecular formula is C14H21ClN2O2. The molecule has 0 fully saturated rings. The molecule has 0 bridgehead atoms. The average molecular weight is 285 g/mol. The maximum atomic E-state index is 11.8. The molecule has 1 aromatic carbocycles. The third-order valence-corrected chi connectivity index (χ3v) is 3.20. The van der Waals surface area contributed by atoms with Crippen LogP contribution >= 0.6 is 11.6 Å². The third-order valence-electron chi connectivity index (χ3n) is 2.80. The Bertz CT molecular complexity index is 435. The van der Waals surface area contributed by atoms with Gasteiger partial charge in [0, 0.05) is 17.3 Å². The van der Waals surface area contributed by atoms with Crippen LogP contribution in [0.4, 0.5) is 5.69 Å². The van der Waals surface area contributed by atoms with Crippen LogP contribution in [0.15, 0.2) is 18.2 Å². The minimum Gasteiger partial charge on any atom is -0.393 e. The second-order valence-electron chi connectivity index (χ2n) is 4.89. The molecule has 0 saturated carbocycles. The molecule has 1 aromatic rings. The molecule has 0 aliphatic rings. The third kappa shape index (κ3) is 6.05. The Hall–Kier alpha value is -1.10. The Balaban J connectivity index is 2.44. The topological polar surface area (TPSA) is 52.6 Å². The number of hydrogen-bond acceptors (Lipinski definition) is 3. The van der Waals surface area contributed by atoms with E-state index >= 15 is 0 Å². The largest absolute Gasteiger partial charge is 0.393 e. The normalized spacial score (nSPS) is 12.5. The van der Waals surface area contributed by atoms with Gasteiger partial charge >= 0.3 is 0 Å². The number of benzene rings is 1. The Morgan fingerprint density at radius 3 is 2.79 bits per heavy atom. The van der Waals surface area contributed by atoms with Crippen LogP contribution in [0.3, 0.4) is 0 Å². The average Bonchev–Trinajstić information content (AvgIpc) is 2.31. The number of aryl methyl sites for hydroxylation is 1. The van der Waals surface area contributed by atoms with Crippen molar-refractivity contribution in [3.05, 3.63) is 28.8 Å². The monoisotopic (exact) mass is 284 g/mol. The molecule has 0 aromatic heterocycles. The summed E-state index contributed by atoms with van der Waals surface area (Å²) in [6.45, 7) is 4.62. The summed E-state index contributed by atoms with van der Waals surface area (Å²) in [6.07, 6.45) is 0.307. The second kappa shape index (κ2) is 7.48. The molecule has 1 unspecified atom stereocenters. The van der Waals surface area contributed by atoms with Gasteiger partial charge in [-0.25, -0.2) is 0 Å². The lowest BCUT2D eigenvalue weighted by Gasteiger charge is -2.17. The fourth-order valence-corrected chi connectivity index (χ4v) is 1.78. The number of hydrogen-bond donors (Lipinski definition) is 2. The Morgan fingerprint density at radius 2 is 2.21 bits per heavy atom. The van der Waals surface area contributed by atoms with Crippen LogP contribution in [-0.2, 0) is 4.79 Å². The minimum atomic E-state index is -0.346. The lowest BCUT2D eigenvalue weighted by Crippen LogP contribution is -2.32. The van der Waals surface area contributed by atoms with E-state index < -0.39 is 0 Å². The van der Waals surface area contributed by atoms with Crippen LogP contribution in [0.5, 0.6) is 0 Å². The van der Waals surface area contributed by atoms with Crippen molar-refractivity contribution in [3.8, 4) is 0 Å². The highest BCUT2D eigenvalue weighted by Gasteiger charge is 2.08. The maximum Gasteiger partial charge on any atom is 0.238 e. The van der Waals surface area contributed by atoms with Crippen LogP contribution in [0.2, 0.25) is 5.02 Å². The summed E-state index contributed by atoms with van der Waals surface area (Å²) in [5, 5.41) is 12.6. The van der Waals surface area contributed by atoms with E-state index in [1.807, 2.05) is 31.0 Å². The number of aliphatic hydroxyl groups excluding tert-OH is 1. The molecule has 1 amide bonds. The van der Waals surface area contributed by atoms with E-state index in [2.05, 4.69) is 5.32 Å². The molecule has 106 valence electrons. The van der Waals surface area contributed by atoms with Gasteiger partial charge in [0.25, 0.3) is 0 Å². The number of rotatable bonds is 6. The summed E-state index contributed by atoms with van der Waals surface area (Å²) < 4.78 is 0. The first-order valence-corrected chi connectivity index (χ1v) is 6.69. The summed E-state index contributed by atoms with van der Waals surface area (Å²) in [6, 6.07) is 5.44. The van der Waals surface area contributed by atoms with Crippen molar-refractivity contribution < 1.29 is 9.90 Å². The predicted octanol–water partition coefficient (Wildman–Crippen LogP) is 2.29. The fourth-order valence-electron chi connectivity index (χ4n) is 1.60. The maximum absolute atomic E-state index is 11.8. The number of nitrogens with zero attached hydrogens (tertiary/aromatic N) is 1. The molecule has 4 nitrogen and oxygen atoms in total. The molecule has 1 rings (SSSR count). The molecule has 5 heteroatoms. The molecule has 0 heterocycles. The second-order valence-corrected chi connectivity index (χ2v) is 5.29. The van der Waals surface area contributed by atoms with Gasteiger partial charge in [-0.15, -0.1) is 0 Å². The van der Waals surface area contributed by atoms with Gasteiger partial charge in [0.2, 0.25) is 5.91 Å². The van der Waals surface area contributed by atoms with E-state index in [9.17, 15) is 9.90 Å². The standard InChI is InChI=1S/C14H21ClN2O2/c1-10-4-5-12(8-13(10)15)16-14(19)9-17(3)7-6-11(2)18/h4-5,8,11,18H,6-7,9H2,1-3H3,(H,16,19). The first-order valence-electron chi connectivity index (χ1n) is 6.31. The lowest BCUT2D eigenvalue weighted by atomic mass is 10.2. The van der Waals surface area contributed by atoms with Gasteiger partial charge in [0.15, 0.2) is 0 Å². The predicted molar refractivity (Wildman–Crippen MR) is 78.6 cm³/mol. The number of carbonyl (C=O) groups excluding carboxylic acids is 1. The quantitative estimate of drug-likeness (QED) is 0.843. The smallest absolute Gasteiger partial charge is 0.238 e. The van der Waals surface area contributed by atoms with E-state index in [0.717, 1.165) is 5.56 Å². The SMILES string of the molecule is Cc1ccc(NC(=O)CN(C)CCC(C)O)cc1Cl. The molecule has 1 atom stereocenters. The molecule has 0 saturated heterocycles. The van der Waals surface area contributed by atoms with Crippen molar-refractivity contribution >= 4 is 23.2 Å². The molecular weight excluding hydrogens is 264 g/mol. The number of anilines is 1. The van der Waals surface area contributed by atoms with Crippen molar-refractivity contribution in [1.29, 1.82) is 0 Å². The zero-order chi connectivity index (χ0) is 14.4. The van der Waals surface area contributed by atoms with Crippen LogP contribution in [0.25, 0.3) is 0 Å². The summed E-state index contributed by atoms with van der Waals surface area (Å²) in [4.78, 5) is 13.7. The summed E-state index contributed by atoms with van der Waals surface area (Å²) in [5.74, 6) is -0.0898. The summed E-state index contributed by atoms with van der Waals surface area (Å²) in [7, 11) is 1.85. The molecule has 19 heavy (non-hydrogen) atoms. The van der Waals surface area contributed by atoms with Gasteiger partial charge in [-0.3, -0.25) is 9.69 Å². The van der Waals surface area contributed by atoms with Crippen molar-refractivity contribution in [2.24, 2.45) is 0 Å². The van der Waals surface area contributed by atoms with Crippen LogP contribution in [0, 0.1) is 6.92 Å². The van der Waals surface area contributed by atoms with E-state index in [4.69, 9.17) is 11.6 Å². The molecule has 0 aliphatic carbocycles. The fraction of sp³-hybridized carbons (Fsp3) is 0.500. The number of amides is 1. The van der Waals surface area contributed by atoms with Gasteiger partial charge in [0.05, 0.1) is 12.6 Å². The molecule has 0 aliphatic heterocycles. The van der Waals surface area contributed by atoms with Crippen molar-refractivity contribution in [3.63, 3.8) is 0 Å². The summed E-state index contributed by atoms with van der Waals surface area (Å²) >= 11 is 6.00. The number of nitrogens with one attached hydrogen (secondary N) is 1. The number of halogens is 1. The highest BCUT2D eigenvalue weighted by molar-refractivity contribution is 6.31. The van der Waals surface area contributed by atoms with Crippen LogP contribution in [-0.4, -0.2) is 42.2 Å². The molecule has 0 radical (unpaired) electrons. The van der Waals surface area contributed by atoms with Crippen LogP contribution in [0.1, 0.15) is 18.9 Å². The van der Waals surface area contributed by atoms with E-state index in [-0.39, 0.29) is 18.6 Å². The number of likely N-dealkylation sites (N-methyl/N-ethyl adjacent to an activating group) is 1. The zero-order valence-corrected chi connectivity index (χ0v) is 12.4. The highest BCUT2D eigenvalue weighted by Crippen LogP contribution is 2.19. The van der Waals surface area contributed by atoms with E-state index in [1.54, 1.807) is 13.0 Å². The van der Waals surface area contributed by atoms with Crippen molar-refractivity contribution in [2.75, 3.05) is 25.5 Å². The highest BCUT2D eigenvalue weighted by atomic mass is 35.5.